The third kappa shape index (κ3) is 3.29. The van der Waals surface area contributed by atoms with Crippen molar-refractivity contribution >= 4 is 32.6 Å². The number of benzene rings is 2. The smallest absolute Gasteiger partial charge is 0.229 e. The second-order valence-corrected chi connectivity index (χ2v) is 8.59. The van der Waals surface area contributed by atoms with Crippen molar-refractivity contribution in [1.29, 1.82) is 0 Å². The Labute approximate surface area is 173 Å². The number of ether oxygens (including phenoxy) is 2. The zero-order chi connectivity index (χ0) is 20.0. The quantitative estimate of drug-likeness (QED) is 0.662. The van der Waals surface area contributed by atoms with Crippen LogP contribution in [0.3, 0.4) is 0 Å². The number of thiazole rings is 1. The van der Waals surface area contributed by atoms with Gasteiger partial charge in [-0.15, -0.1) is 0 Å². The minimum Gasteiger partial charge on any atom is -0.497 e. The third-order valence-corrected chi connectivity index (χ3v) is 6.92. The lowest BCUT2D eigenvalue weighted by atomic mass is 9.95. The van der Waals surface area contributed by atoms with Crippen LogP contribution in [0.4, 0.5) is 5.13 Å². The molecule has 150 valence electrons. The minimum absolute atomic E-state index is 0.0522. The summed E-state index contributed by atoms with van der Waals surface area (Å²) in [5.41, 5.74) is 3.46. The lowest BCUT2D eigenvalue weighted by Gasteiger charge is -2.41. The maximum absolute atomic E-state index is 13.0. The van der Waals surface area contributed by atoms with E-state index in [-0.39, 0.29) is 11.8 Å². The van der Waals surface area contributed by atoms with Crippen LogP contribution in [-0.2, 0) is 17.8 Å². The van der Waals surface area contributed by atoms with Gasteiger partial charge in [-0.1, -0.05) is 17.4 Å². The molecule has 7 heteroatoms. The molecule has 0 saturated carbocycles. The maximum Gasteiger partial charge on any atom is 0.229 e. The van der Waals surface area contributed by atoms with Gasteiger partial charge in [-0.25, -0.2) is 4.98 Å². The Balaban J connectivity index is 1.23. The van der Waals surface area contributed by atoms with Crippen LogP contribution in [-0.4, -0.2) is 49.6 Å². The van der Waals surface area contributed by atoms with E-state index in [9.17, 15) is 4.79 Å². The van der Waals surface area contributed by atoms with Gasteiger partial charge in [-0.05, 0) is 41.8 Å². The van der Waals surface area contributed by atoms with E-state index in [1.165, 1.54) is 11.1 Å². The Morgan fingerprint density at radius 1 is 1.07 bits per heavy atom. The van der Waals surface area contributed by atoms with E-state index >= 15 is 0 Å². The Kier molecular flexibility index (Phi) is 4.54. The molecule has 1 saturated heterocycles. The van der Waals surface area contributed by atoms with Crippen molar-refractivity contribution in [1.82, 2.24) is 9.88 Å². The summed E-state index contributed by atoms with van der Waals surface area (Å²) in [5, 5.41) is 0.980. The van der Waals surface area contributed by atoms with Crippen molar-refractivity contribution in [2.75, 3.05) is 38.8 Å². The number of carbonyl (C=O) groups excluding carboxylic acids is 1. The molecule has 0 unspecified atom stereocenters. The van der Waals surface area contributed by atoms with Crippen LogP contribution < -0.4 is 14.4 Å². The van der Waals surface area contributed by atoms with E-state index in [2.05, 4.69) is 17.0 Å². The van der Waals surface area contributed by atoms with Crippen molar-refractivity contribution in [3.8, 4) is 11.5 Å². The van der Waals surface area contributed by atoms with Crippen molar-refractivity contribution in [2.24, 2.45) is 5.92 Å². The number of anilines is 1. The highest BCUT2D eigenvalue weighted by atomic mass is 32.1. The van der Waals surface area contributed by atoms with Crippen LogP contribution >= 0.6 is 11.3 Å². The Hall–Kier alpha value is -2.80. The molecule has 0 bridgehead atoms. The number of hydrogen-bond acceptors (Lipinski definition) is 6. The number of methoxy groups -OCH3 is 2. The van der Waals surface area contributed by atoms with Crippen molar-refractivity contribution in [3.63, 3.8) is 0 Å². The number of amides is 1. The van der Waals surface area contributed by atoms with E-state index in [1.54, 1.807) is 25.6 Å². The van der Waals surface area contributed by atoms with Crippen molar-refractivity contribution in [3.05, 3.63) is 47.5 Å². The Morgan fingerprint density at radius 2 is 1.83 bits per heavy atom. The fourth-order valence-corrected chi connectivity index (χ4v) is 5.01. The fraction of sp³-hybridized carbons (Fsp3) is 0.364. The van der Waals surface area contributed by atoms with Crippen molar-refractivity contribution < 1.29 is 14.3 Å². The molecular weight excluding hydrogens is 386 g/mol. The number of rotatable bonds is 4. The number of aromatic nitrogens is 1. The third-order valence-electron chi connectivity index (χ3n) is 5.82. The second-order valence-electron chi connectivity index (χ2n) is 7.58. The van der Waals surface area contributed by atoms with Crippen LogP contribution in [0.5, 0.6) is 11.5 Å². The lowest BCUT2D eigenvalue weighted by Crippen LogP contribution is -2.55. The molecule has 1 aromatic heterocycles. The molecule has 1 fully saturated rings. The summed E-state index contributed by atoms with van der Waals surface area (Å²) in [6.45, 7) is 2.94. The van der Waals surface area contributed by atoms with Gasteiger partial charge in [0.1, 0.15) is 11.5 Å². The molecule has 1 amide bonds. The Bertz CT molecular complexity index is 1070. The minimum atomic E-state index is 0.0522. The molecule has 3 aromatic rings. The lowest BCUT2D eigenvalue weighted by molar-refractivity contribution is -0.137. The molecule has 0 spiro atoms. The molecular formula is C22H23N3O3S. The summed E-state index contributed by atoms with van der Waals surface area (Å²) in [5.74, 6) is 2.00. The predicted octanol–water partition coefficient (Wildman–Crippen LogP) is 3.33. The molecule has 5 rings (SSSR count). The summed E-state index contributed by atoms with van der Waals surface area (Å²) in [4.78, 5) is 21.9. The summed E-state index contributed by atoms with van der Waals surface area (Å²) >= 11 is 1.67. The molecule has 0 aliphatic carbocycles. The van der Waals surface area contributed by atoms with Crippen LogP contribution in [0.15, 0.2) is 36.4 Å². The van der Waals surface area contributed by atoms with Crippen LogP contribution in [0.25, 0.3) is 10.2 Å². The predicted molar refractivity (Wildman–Crippen MR) is 114 cm³/mol. The summed E-state index contributed by atoms with van der Waals surface area (Å²) < 4.78 is 11.7. The maximum atomic E-state index is 13.0. The molecule has 2 aromatic carbocycles. The fourth-order valence-electron chi connectivity index (χ4n) is 4.05. The number of nitrogens with zero attached hydrogens (tertiary/aromatic N) is 3. The largest absolute Gasteiger partial charge is 0.497 e. The van der Waals surface area contributed by atoms with Crippen LogP contribution in [0.2, 0.25) is 0 Å². The Morgan fingerprint density at radius 3 is 2.62 bits per heavy atom. The summed E-state index contributed by atoms with van der Waals surface area (Å²) in [6.07, 6.45) is 0.883. The SMILES string of the molecule is COc1ccc2c(c1)CCN(C(=O)C1CN(c3nc4cc(OC)ccc4s3)C1)C2. The van der Waals surface area contributed by atoms with Gasteiger partial charge in [0.25, 0.3) is 0 Å². The number of fused-ring (bicyclic) bond motifs is 2. The van der Waals surface area contributed by atoms with E-state index in [4.69, 9.17) is 14.5 Å². The molecule has 3 heterocycles. The average molecular weight is 410 g/mol. The topological polar surface area (TPSA) is 54.9 Å². The van der Waals surface area contributed by atoms with Crippen LogP contribution in [0.1, 0.15) is 11.1 Å². The first-order chi connectivity index (χ1) is 14.1. The van der Waals surface area contributed by atoms with E-state index in [1.807, 2.05) is 29.2 Å². The first-order valence-electron chi connectivity index (χ1n) is 9.78. The zero-order valence-electron chi connectivity index (χ0n) is 16.6. The molecule has 0 atom stereocenters. The highest BCUT2D eigenvalue weighted by Crippen LogP contribution is 2.35. The summed E-state index contributed by atoms with van der Waals surface area (Å²) in [7, 11) is 3.35. The van der Waals surface area contributed by atoms with Crippen molar-refractivity contribution in [2.45, 2.75) is 13.0 Å². The first-order valence-corrected chi connectivity index (χ1v) is 10.6. The molecule has 2 aliphatic heterocycles. The standard InChI is InChI=1S/C22H23N3O3S/c1-27-17-4-3-15-11-24(8-7-14(15)9-17)21(26)16-12-25(13-16)22-23-19-10-18(28-2)5-6-20(19)29-22/h3-6,9-10,16H,7-8,11-13H2,1-2H3. The van der Waals surface area contributed by atoms with Gasteiger partial charge in [-0.3, -0.25) is 4.79 Å². The van der Waals surface area contributed by atoms with Gasteiger partial charge in [0.05, 0.1) is 30.4 Å². The van der Waals surface area contributed by atoms with Gasteiger partial charge in [0, 0.05) is 32.2 Å². The monoisotopic (exact) mass is 409 g/mol. The second kappa shape index (κ2) is 7.22. The molecule has 0 N–H and O–H groups in total. The molecule has 0 radical (unpaired) electrons. The number of carbonyl (C=O) groups is 1. The molecule has 2 aliphatic rings. The normalized spacial score (nSPS) is 16.5. The highest BCUT2D eigenvalue weighted by Gasteiger charge is 2.37. The van der Waals surface area contributed by atoms with Gasteiger partial charge in [0.15, 0.2) is 5.13 Å². The van der Waals surface area contributed by atoms with Gasteiger partial charge in [0.2, 0.25) is 5.91 Å². The van der Waals surface area contributed by atoms with E-state index in [0.29, 0.717) is 6.54 Å². The van der Waals surface area contributed by atoms with Crippen LogP contribution in [0, 0.1) is 5.92 Å². The van der Waals surface area contributed by atoms with Gasteiger partial charge in [-0.2, -0.15) is 0 Å². The zero-order valence-corrected chi connectivity index (χ0v) is 17.4. The average Bonchev–Trinajstić information content (AvgIpc) is 3.14. The van der Waals surface area contributed by atoms with E-state index in [0.717, 1.165) is 52.9 Å². The highest BCUT2D eigenvalue weighted by molar-refractivity contribution is 7.22. The molecule has 29 heavy (non-hydrogen) atoms. The first kappa shape index (κ1) is 18.2. The van der Waals surface area contributed by atoms with Gasteiger partial charge < -0.3 is 19.3 Å². The van der Waals surface area contributed by atoms with Gasteiger partial charge >= 0.3 is 0 Å². The molecule has 6 nitrogen and oxygen atoms in total. The summed E-state index contributed by atoms with van der Waals surface area (Å²) in [6, 6.07) is 12.1. The number of hydrogen-bond donors (Lipinski definition) is 0. The van der Waals surface area contributed by atoms with E-state index < -0.39 is 0 Å².